The Hall–Kier alpha value is -2.80. The first-order valence-electron chi connectivity index (χ1n) is 10.6. The van der Waals surface area contributed by atoms with Gasteiger partial charge in [-0.3, -0.25) is 14.4 Å². The maximum Gasteiger partial charge on any atom is 0.282 e. The fourth-order valence-corrected chi connectivity index (χ4v) is 5.33. The van der Waals surface area contributed by atoms with E-state index in [2.05, 4.69) is 0 Å². The highest BCUT2D eigenvalue weighted by Crippen LogP contribution is 2.33. The normalized spacial score (nSPS) is 21.5. The summed E-state index contributed by atoms with van der Waals surface area (Å²) in [5.41, 5.74) is 1.19. The lowest BCUT2D eigenvalue weighted by Crippen LogP contribution is -2.56. The van der Waals surface area contributed by atoms with E-state index < -0.39 is 11.7 Å². The number of thiophene rings is 1. The van der Waals surface area contributed by atoms with Gasteiger partial charge in [-0.25, -0.2) is 4.39 Å². The summed E-state index contributed by atoms with van der Waals surface area (Å²) in [6.45, 7) is 3.09. The zero-order valence-corrected chi connectivity index (χ0v) is 18.2. The van der Waals surface area contributed by atoms with Gasteiger partial charge in [0.2, 0.25) is 0 Å². The third-order valence-electron chi connectivity index (χ3n) is 6.11. The van der Waals surface area contributed by atoms with Crippen LogP contribution in [0.2, 0.25) is 0 Å². The molecule has 2 atom stereocenters. The molecule has 0 spiro atoms. The molecule has 162 valence electrons. The predicted octanol–water partition coefficient (Wildman–Crippen LogP) is 4.41. The summed E-state index contributed by atoms with van der Waals surface area (Å²) >= 11 is 1.28. The number of benzene rings is 1. The Morgan fingerprint density at radius 3 is 2.61 bits per heavy atom. The summed E-state index contributed by atoms with van der Waals surface area (Å²) in [7, 11) is 0. The van der Waals surface area contributed by atoms with Crippen molar-refractivity contribution in [2.75, 3.05) is 19.6 Å². The number of piperidine rings is 2. The average molecular weight is 441 g/mol. The summed E-state index contributed by atoms with van der Waals surface area (Å²) < 4.78 is 14.7. The van der Waals surface area contributed by atoms with Gasteiger partial charge in [-0.05, 0) is 49.8 Å². The van der Waals surface area contributed by atoms with Gasteiger partial charge in [-0.1, -0.05) is 30.3 Å². The van der Waals surface area contributed by atoms with Crippen molar-refractivity contribution in [2.45, 2.75) is 32.2 Å². The summed E-state index contributed by atoms with van der Waals surface area (Å²) in [6, 6.07) is 10.6. The molecular formula is C24H25FN2O3S. The molecule has 31 heavy (non-hydrogen) atoms. The fraction of sp³-hybridized carbons (Fsp3) is 0.375. The fourth-order valence-electron chi connectivity index (χ4n) is 4.55. The van der Waals surface area contributed by atoms with Crippen LogP contribution in [0.1, 0.15) is 51.8 Å². The van der Waals surface area contributed by atoms with Gasteiger partial charge in [0.05, 0.1) is 10.4 Å². The molecule has 3 heterocycles. The Bertz CT molecular complexity index is 1020. The number of Topliss-reactive ketones (excluding diaryl/α,β-unsaturated/α-hetero) is 1. The second kappa shape index (κ2) is 9.14. The van der Waals surface area contributed by atoms with Crippen LogP contribution in [-0.4, -0.2) is 53.1 Å². The van der Waals surface area contributed by atoms with Gasteiger partial charge in [0.15, 0.2) is 11.6 Å². The topological polar surface area (TPSA) is 57.7 Å². The Morgan fingerprint density at radius 2 is 1.90 bits per heavy atom. The first-order valence-corrected chi connectivity index (χ1v) is 11.4. The lowest BCUT2D eigenvalue weighted by molar-refractivity contribution is -0.135. The quantitative estimate of drug-likeness (QED) is 0.523. The number of amides is 2. The highest BCUT2D eigenvalue weighted by Gasteiger charge is 2.40. The smallest absolute Gasteiger partial charge is 0.282 e. The van der Waals surface area contributed by atoms with E-state index in [1.54, 1.807) is 45.5 Å². The minimum Gasteiger partial charge on any atom is -0.338 e. The molecule has 1 aromatic heterocycles. The van der Waals surface area contributed by atoms with Gasteiger partial charge in [0, 0.05) is 31.1 Å². The molecule has 0 saturated carbocycles. The number of nitrogens with zero attached hydrogens (tertiary/aromatic N) is 2. The molecule has 7 heteroatoms. The molecule has 1 aromatic carbocycles. The number of halogens is 1. The Balaban J connectivity index is 1.44. The van der Waals surface area contributed by atoms with E-state index in [1.165, 1.54) is 24.3 Å². The summed E-state index contributed by atoms with van der Waals surface area (Å²) in [5.74, 6) is -1.32. The van der Waals surface area contributed by atoms with Crippen molar-refractivity contribution in [3.05, 3.63) is 63.6 Å². The molecular weight excluding hydrogens is 415 g/mol. The molecule has 2 aromatic rings. The van der Waals surface area contributed by atoms with Crippen molar-refractivity contribution in [3.8, 4) is 0 Å². The minimum absolute atomic E-state index is 0.0465. The Morgan fingerprint density at radius 1 is 1.13 bits per heavy atom. The molecule has 0 radical (unpaired) electrons. The second-order valence-electron chi connectivity index (χ2n) is 8.17. The molecule has 0 unspecified atom stereocenters. The number of carbonyl (C=O) groups excluding carboxylic acids is 3. The third-order valence-corrected chi connectivity index (χ3v) is 7.14. The van der Waals surface area contributed by atoms with Crippen LogP contribution in [0.25, 0.3) is 6.08 Å². The van der Waals surface area contributed by atoms with E-state index in [-0.39, 0.29) is 23.7 Å². The highest BCUT2D eigenvalue weighted by molar-refractivity contribution is 7.12. The van der Waals surface area contributed by atoms with Crippen LogP contribution in [0.4, 0.5) is 4.39 Å². The number of likely N-dealkylation sites (tertiary alicyclic amines) is 2. The summed E-state index contributed by atoms with van der Waals surface area (Å²) in [4.78, 5) is 41.3. The van der Waals surface area contributed by atoms with Crippen LogP contribution in [0, 0.1) is 5.92 Å². The van der Waals surface area contributed by atoms with Crippen molar-refractivity contribution < 1.29 is 18.8 Å². The van der Waals surface area contributed by atoms with Crippen LogP contribution in [0.5, 0.6) is 0 Å². The maximum absolute atomic E-state index is 14.7. The molecule has 2 aliphatic heterocycles. The molecule has 5 nitrogen and oxygen atoms in total. The van der Waals surface area contributed by atoms with Gasteiger partial charge < -0.3 is 9.80 Å². The molecule has 2 amide bonds. The van der Waals surface area contributed by atoms with E-state index in [0.717, 1.165) is 12.8 Å². The third kappa shape index (κ3) is 4.61. The molecule has 2 saturated heterocycles. The molecule has 2 aliphatic rings. The van der Waals surface area contributed by atoms with E-state index in [0.29, 0.717) is 42.1 Å². The van der Waals surface area contributed by atoms with Crippen LogP contribution in [0.15, 0.2) is 47.6 Å². The number of rotatable bonds is 4. The molecule has 2 fully saturated rings. The van der Waals surface area contributed by atoms with Gasteiger partial charge >= 0.3 is 0 Å². The second-order valence-corrected chi connectivity index (χ2v) is 9.08. The van der Waals surface area contributed by atoms with Gasteiger partial charge in [-0.2, -0.15) is 0 Å². The van der Waals surface area contributed by atoms with Crippen LogP contribution in [-0.2, 0) is 4.79 Å². The zero-order valence-electron chi connectivity index (χ0n) is 17.4. The number of fused-ring (bicyclic) bond motifs is 1. The van der Waals surface area contributed by atoms with Crippen LogP contribution < -0.4 is 0 Å². The van der Waals surface area contributed by atoms with Crippen LogP contribution >= 0.6 is 11.3 Å². The molecule has 0 bridgehead atoms. The number of hydrogen-bond donors (Lipinski definition) is 0. The van der Waals surface area contributed by atoms with Crippen molar-refractivity contribution in [1.29, 1.82) is 0 Å². The number of hydrogen-bond acceptors (Lipinski definition) is 4. The van der Waals surface area contributed by atoms with Gasteiger partial charge in [0.1, 0.15) is 0 Å². The number of carbonyl (C=O) groups is 3. The molecule has 0 N–H and O–H groups in total. The van der Waals surface area contributed by atoms with E-state index >= 15 is 0 Å². The first-order chi connectivity index (χ1) is 14.9. The van der Waals surface area contributed by atoms with Crippen molar-refractivity contribution in [1.82, 2.24) is 9.80 Å². The number of ketones is 1. The Labute approximate surface area is 185 Å². The first kappa shape index (κ1) is 21.4. The molecule has 4 rings (SSSR count). The molecule has 0 aliphatic carbocycles. The van der Waals surface area contributed by atoms with E-state index in [1.807, 2.05) is 6.07 Å². The van der Waals surface area contributed by atoms with Crippen molar-refractivity contribution in [2.24, 2.45) is 5.92 Å². The van der Waals surface area contributed by atoms with E-state index in [4.69, 9.17) is 0 Å². The lowest BCUT2D eigenvalue weighted by atomic mass is 9.83. The summed E-state index contributed by atoms with van der Waals surface area (Å²) in [6.07, 6.45) is 3.61. The van der Waals surface area contributed by atoms with Crippen LogP contribution in [0.3, 0.4) is 0 Å². The van der Waals surface area contributed by atoms with Gasteiger partial charge in [0.25, 0.3) is 11.8 Å². The average Bonchev–Trinajstić information content (AvgIpc) is 3.28. The van der Waals surface area contributed by atoms with Gasteiger partial charge in [-0.15, -0.1) is 11.3 Å². The van der Waals surface area contributed by atoms with E-state index in [9.17, 15) is 18.8 Å². The maximum atomic E-state index is 14.7. The predicted molar refractivity (Wildman–Crippen MR) is 119 cm³/mol. The minimum atomic E-state index is -0.750. The lowest BCUT2D eigenvalue weighted by Gasteiger charge is -2.47. The summed E-state index contributed by atoms with van der Waals surface area (Å²) in [5, 5.41) is 1.73. The highest BCUT2D eigenvalue weighted by atomic mass is 32.1. The largest absolute Gasteiger partial charge is 0.338 e. The standard InChI is InChI=1S/C24H25FN2O3S/c1-16(28)22-13-19(15-31-22)23(29)26-11-9-21-18(14-26)8-5-10-27(21)24(30)20(25)12-17-6-3-2-4-7-17/h2-4,6-7,12-13,15,18,21H,5,8-11,14H2,1H3/b20-12-/t18-,21+/m0/s1. The van der Waals surface area contributed by atoms with Crippen molar-refractivity contribution >= 4 is 35.0 Å². The SMILES string of the molecule is CC(=O)c1cc(C(=O)N2CC[C@@H]3[C@@H](CCCN3C(=O)/C(F)=C/c3ccccc3)C2)cs1. The van der Waals surface area contributed by atoms with Crippen molar-refractivity contribution in [3.63, 3.8) is 0 Å². The monoisotopic (exact) mass is 440 g/mol. The Kier molecular flexibility index (Phi) is 6.32. The zero-order chi connectivity index (χ0) is 22.0.